The lowest BCUT2D eigenvalue weighted by atomic mass is 9.84. The van der Waals surface area contributed by atoms with Gasteiger partial charge < -0.3 is 10.2 Å². The summed E-state index contributed by atoms with van der Waals surface area (Å²) in [6.07, 6.45) is 7.89. The van der Waals surface area contributed by atoms with Crippen LogP contribution in [0.15, 0.2) is 42.5 Å². The van der Waals surface area contributed by atoms with Crippen molar-refractivity contribution in [3.05, 3.63) is 48.0 Å². The van der Waals surface area contributed by atoms with E-state index in [1.807, 2.05) is 0 Å². The number of carbonyl (C=O) groups excluding carboxylic acids is 2. The molecule has 0 bridgehead atoms. The van der Waals surface area contributed by atoms with Gasteiger partial charge in [0.05, 0.1) is 0 Å². The standard InChI is InChI=1S/C25H32N2O2/c1-2-22-9-5-6-16-27(22)24(29)13-15-25(14-12-23(28)26-25)18-19-10-11-20-7-3-4-8-21(20)17-19/h3-4,7-8,10-11,17,22H,2,5-6,9,12-16,18H2,1H3,(H,26,28). The molecule has 2 aliphatic rings. The van der Waals surface area contributed by atoms with E-state index in [-0.39, 0.29) is 17.4 Å². The molecule has 2 aliphatic heterocycles. The molecule has 2 aromatic carbocycles. The fraction of sp³-hybridized carbons (Fsp3) is 0.520. The highest BCUT2D eigenvalue weighted by atomic mass is 16.2. The number of likely N-dealkylation sites (tertiary alicyclic amines) is 1. The Morgan fingerprint density at radius 3 is 2.76 bits per heavy atom. The number of fused-ring (bicyclic) bond motifs is 1. The minimum atomic E-state index is -0.299. The normalized spacial score (nSPS) is 24.7. The molecule has 0 spiro atoms. The summed E-state index contributed by atoms with van der Waals surface area (Å²) in [7, 11) is 0. The smallest absolute Gasteiger partial charge is 0.222 e. The molecular weight excluding hydrogens is 360 g/mol. The van der Waals surface area contributed by atoms with Gasteiger partial charge >= 0.3 is 0 Å². The number of amides is 2. The summed E-state index contributed by atoms with van der Waals surface area (Å²) in [5.74, 6) is 0.373. The molecule has 2 saturated heterocycles. The van der Waals surface area contributed by atoms with Crippen LogP contribution in [0.4, 0.5) is 0 Å². The molecule has 0 aliphatic carbocycles. The average Bonchev–Trinajstić information content (AvgIpc) is 3.12. The maximum absolute atomic E-state index is 13.0. The third-order valence-corrected chi connectivity index (χ3v) is 6.83. The van der Waals surface area contributed by atoms with Crippen LogP contribution in [0.2, 0.25) is 0 Å². The Bertz CT molecular complexity index is 893. The number of hydrogen-bond donors (Lipinski definition) is 1. The van der Waals surface area contributed by atoms with Gasteiger partial charge in [-0.15, -0.1) is 0 Å². The maximum Gasteiger partial charge on any atom is 0.222 e. The van der Waals surface area contributed by atoms with Crippen molar-refractivity contribution >= 4 is 22.6 Å². The van der Waals surface area contributed by atoms with Crippen molar-refractivity contribution in [2.75, 3.05) is 6.54 Å². The van der Waals surface area contributed by atoms with Crippen LogP contribution in [0.3, 0.4) is 0 Å². The quantitative estimate of drug-likeness (QED) is 0.781. The van der Waals surface area contributed by atoms with Crippen LogP contribution in [-0.4, -0.2) is 34.8 Å². The predicted molar refractivity (Wildman–Crippen MR) is 117 cm³/mol. The van der Waals surface area contributed by atoms with Crippen molar-refractivity contribution in [3.8, 4) is 0 Å². The predicted octanol–water partition coefficient (Wildman–Crippen LogP) is 4.60. The molecule has 2 unspecified atom stereocenters. The summed E-state index contributed by atoms with van der Waals surface area (Å²) >= 11 is 0. The van der Waals surface area contributed by atoms with E-state index < -0.39 is 0 Å². The van der Waals surface area contributed by atoms with Gasteiger partial charge in [-0.05, 0) is 61.3 Å². The molecule has 0 saturated carbocycles. The molecule has 2 aromatic rings. The van der Waals surface area contributed by atoms with Crippen LogP contribution in [0.25, 0.3) is 10.8 Å². The molecule has 4 rings (SSSR count). The van der Waals surface area contributed by atoms with Crippen LogP contribution >= 0.6 is 0 Å². The van der Waals surface area contributed by atoms with Crippen molar-refractivity contribution in [2.24, 2.45) is 0 Å². The molecule has 154 valence electrons. The van der Waals surface area contributed by atoms with Gasteiger partial charge in [-0.1, -0.05) is 49.4 Å². The lowest BCUT2D eigenvalue weighted by Gasteiger charge is -2.36. The second kappa shape index (κ2) is 8.56. The third-order valence-electron chi connectivity index (χ3n) is 6.83. The highest BCUT2D eigenvalue weighted by molar-refractivity contribution is 5.83. The highest BCUT2D eigenvalue weighted by Gasteiger charge is 2.38. The molecule has 1 N–H and O–H groups in total. The molecule has 2 fully saturated rings. The first-order valence-electron chi connectivity index (χ1n) is 11.2. The highest BCUT2D eigenvalue weighted by Crippen LogP contribution is 2.31. The zero-order valence-electron chi connectivity index (χ0n) is 17.5. The summed E-state index contributed by atoms with van der Waals surface area (Å²) in [5.41, 5.74) is 0.926. The summed E-state index contributed by atoms with van der Waals surface area (Å²) in [6, 6.07) is 15.3. The molecule has 2 amide bonds. The fourth-order valence-corrected chi connectivity index (χ4v) is 5.16. The lowest BCUT2D eigenvalue weighted by molar-refractivity contribution is -0.135. The molecule has 4 nitrogen and oxygen atoms in total. The zero-order valence-corrected chi connectivity index (χ0v) is 17.5. The van der Waals surface area contributed by atoms with E-state index in [0.29, 0.717) is 18.9 Å². The molecule has 2 atom stereocenters. The first-order chi connectivity index (χ1) is 14.1. The van der Waals surface area contributed by atoms with Gasteiger partial charge in [0, 0.05) is 31.0 Å². The number of carbonyl (C=O) groups is 2. The number of nitrogens with one attached hydrogen (secondary N) is 1. The van der Waals surface area contributed by atoms with Crippen molar-refractivity contribution in [2.45, 2.75) is 76.3 Å². The largest absolute Gasteiger partial charge is 0.350 e. The third kappa shape index (κ3) is 4.47. The minimum Gasteiger partial charge on any atom is -0.350 e. The Morgan fingerprint density at radius 2 is 2.00 bits per heavy atom. The molecule has 2 heterocycles. The summed E-state index contributed by atoms with van der Waals surface area (Å²) in [5, 5.41) is 5.69. The Balaban J connectivity index is 1.47. The fourth-order valence-electron chi connectivity index (χ4n) is 5.16. The Morgan fingerprint density at radius 1 is 1.17 bits per heavy atom. The topological polar surface area (TPSA) is 49.4 Å². The second-order valence-corrected chi connectivity index (χ2v) is 8.83. The Labute approximate surface area is 173 Å². The second-order valence-electron chi connectivity index (χ2n) is 8.83. The average molecular weight is 393 g/mol. The van der Waals surface area contributed by atoms with Gasteiger partial charge in [0.25, 0.3) is 0 Å². The minimum absolute atomic E-state index is 0.114. The van der Waals surface area contributed by atoms with Crippen LogP contribution in [0, 0.1) is 0 Å². The Hall–Kier alpha value is -2.36. The first kappa shape index (κ1) is 19.9. The summed E-state index contributed by atoms with van der Waals surface area (Å²) < 4.78 is 0. The summed E-state index contributed by atoms with van der Waals surface area (Å²) in [6.45, 7) is 3.07. The SMILES string of the molecule is CCC1CCCCN1C(=O)CCC1(Cc2ccc3ccccc3c2)CCC(=O)N1. The summed E-state index contributed by atoms with van der Waals surface area (Å²) in [4.78, 5) is 27.2. The van der Waals surface area contributed by atoms with Crippen molar-refractivity contribution in [3.63, 3.8) is 0 Å². The Kier molecular flexibility index (Phi) is 5.89. The molecule has 0 radical (unpaired) electrons. The molecular formula is C25H32N2O2. The van der Waals surface area contributed by atoms with Gasteiger partial charge in [0.15, 0.2) is 0 Å². The van der Waals surface area contributed by atoms with E-state index in [2.05, 4.69) is 59.6 Å². The molecule has 0 aromatic heterocycles. The number of rotatable bonds is 6. The lowest BCUT2D eigenvalue weighted by Crippen LogP contribution is -2.47. The van der Waals surface area contributed by atoms with Crippen LogP contribution in [0.5, 0.6) is 0 Å². The first-order valence-corrected chi connectivity index (χ1v) is 11.2. The number of benzene rings is 2. The van der Waals surface area contributed by atoms with E-state index in [1.54, 1.807) is 0 Å². The van der Waals surface area contributed by atoms with Gasteiger partial charge in [-0.3, -0.25) is 9.59 Å². The monoisotopic (exact) mass is 392 g/mol. The van der Waals surface area contributed by atoms with Crippen molar-refractivity contribution < 1.29 is 9.59 Å². The van der Waals surface area contributed by atoms with Crippen LogP contribution in [-0.2, 0) is 16.0 Å². The molecule has 4 heteroatoms. The van der Waals surface area contributed by atoms with E-state index in [1.165, 1.54) is 22.8 Å². The number of piperidine rings is 1. The van der Waals surface area contributed by atoms with Crippen molar-refractivity contribution in [1.82, 2.24) is 10.2 Å². The van der Waals surface area contributed by atoms with Gasteiger partial charge in [-0.2, -0.15) is 0 Å². The van der Waals surface area contributed by atoms with E-state index >= 15 is 0 Å². The van der Waals surface area contributed by atoms with E-state index in [0.717, 1.165) is 45.1 Å². The number of nitrogens with zero attached hydrogens (tertiary/aromatic N) is 1. The van der Waals surface area contributed by atoms with Gasteiger partial charge in [-0.25, -0.2) is 0 Å². The van der Waals surface area contributed by atoms with E-state index in [9.17, 15) is 9.59 Å². The van der Waals surface area contributed by atoms with Gasteiger partial charge in [0.1, 0.15) is 0 Å². The zero-order chi connectivity index (χ0) is 20.3. The number of hydrogen-bond acceptors (Lipinski definition) is 2. The molecule has 29 heavy (non-hydrogen) atoms. The van der Waals surface area contributed by atoms with Crippen LogP contribution < -0.4 is 5.32 Å². The van der Waals surface area contributed by atoms with E-state index in [4.69, 9.17) is 0 Å². The van der Waals surface area contributed by atoms with Gasteiger partial charge in [0.2, 0.25) is 11.8 Å². The van der Waals surface area contributed by atoms with Crippen LogP contribution in [0.1, 0.15) is 63.9 Å². The maximum atomic E-state index is 13.0. The van der Waals surface area contributed by atoms with Crippen molar-refractivity contribution in [1.29, 1.82) is 0 Å².